The van der Waals surface area contributed by atoms with Crippen LogP contribution in [0.3, 0.4) is 0 Å². The molecule has 0 radical (unpaired) electrons. The summed E-state index contributed by atoms with van der Waals surface area (Å²) in [6.45, 7) is 3.71. The van der Waals surface area contributed by atoms with E-state index in [1.165, 1.54) is 30.3 Å². The number of aromatic nitrogens is 1. The molecule has 2 aromatic rings. The van der Waals surface area contributed by atoms with Crippen LogP contribution in [0.2, 0.25) is 0 Å². The van der Waals surface area contributed by atoms with Crippen molar-refractivity contribution < 1.29 is 13.2 Å². The average Bonchev–Trinajstić information content (AvgIpc) is 2.38. The van der Waals surface area contributed by atoms with Gasteiger partial charge in [-0.2, -0.15) is 0 Å². The number of pyridine rings is 1. The van der Waals surface area contributed by atoms with Crippen LogP contribution in [0, 0.1) is 17.5 Å². The molecule has 1 N–H and O–H groups in total. The number of nitrogens with one attached hydrogen (secondary N) is 1. The van der Waals surface area contributed by atoms with E-state index in [4.69, 9.17) is 0 Å². The van der Waals surface area contributed by atoms with Crippen molar-refractivity contribution in [2.24, 2.45) is 0 Å². The third kappa shape index (κ3) is 3.17. The fourth-order valence-electron chi connectivity index (χ4n) is 1.99. The molecule has 0 spiro atoms. The molecule has 1 heterocycles. The minimum atomic E-state index is -0.767. The number of hydrogen-bond donors (Lipinski definition) is 1. The van der Waals surface area contributed by atoms with E-state index in [0.29, 0.717) is 5.69 Å². The third-order valence-corrected chi connectivity index (χ3v) is 2.83. The molecule has 0 fully saturated rings. The lowest BCUT2D eigenvalue weighted by atomic mass is 10.0. The fraction of sp³-hybridized carbons (Fsp3) is 0.267. The minimum absolute atomic E-state index is 0.0224. The topological polar surface area (TPSA) is 24.9 Å². The van der Waals surface area contributed by atoms with Crippen LogP contribution >= 0.6 is 0 Å². The number of halogens is 3. The maximum Gasteiger partial charge on any atom is 0.141 e. The molecule has 0 aliphatic heterocycles. The lowest BCUT2D eigenvalue weighted by Gasteiger charge is -2.22. The van der Waals surface area contributed by atoms with Gasteiger partial charge in [-0.15, -0.1) is 0 Å². The summed E-state index contributed by atoms with van der Waals surface area (Å²) >= 11 is 0. The maximum absolute atomic E-state index is 13.9. The first kappa shape index (κ1) is 14.5. The molecule has 1 atom stereocenters. The maximum atomic E-state index is 13.9. The van der Waals surface area contributed by atoms with Gasteiger partial charge in [0.05, 0.1) is 17.9 Å². The van der Waals surface area contributed by atoms with Crippen LogP contribution in [0.4, 0.5) is 13.2 Å². The lowest BCUT2D eigenvalue weighted by molar-refractivity contribution is 0.467. The lowest BCUT2D eigenvalue weighted by Crippen LogP contribution is -2.31. The van der Waals surface area contributed by atoms with Gasteiger partial charge >= 0.3 is 0 Å². The molecule has 0 bridgehead atoms. The number of rotatable bonds is 4. The van der Waals surface area contributed by atoms with Crippen LogP contribution in [-0.4, -0.2) is 11.0 Å². The van der Waals surface area contributed by atoms with E-state index in [1.54, 1.807) is 0 Å². The van der Waals surface area contributed by atoms with E-state index < -0.39 is 23.5 Å². The van der Waals surface area contributed by atoms with Gasteiger partial charge in [0.15, 0.2) is 0 Å². The van der Waals surface area contributed by atoms with Gasteiger partial charge in [-0.25, -0.2) is 13.2 Å². The summed E-state index contributed by atoms with van der Waals surface area (Å²) in [6.07, 6.45) is 1.03. The van der Waals surface area contributed by atoms with Crippen molar-refractivity contribution >= 4 is 0 Å². The Morgan fingerprint density at radius 3 is 2.15 bits per heavy atom. The zero-order chi connectivity index (χ0) is 14.7. The second-order valence-corrected chi connectivity index (χ2v) is 4.79. The molecule has 0 aliphatic rings. The Labute approximate surface area is 115 Å². The molecule has 2 nitrogen and oxygen atoms in total. The first-order valence-corrected chi connectivity index (χ1v) is 6.30. The van der Waals surface area contributed by atoms with Crippen molar-refractivity contribution in [3.63, 3.8) is 0 Å². The van der Waals surface area contributed by atoms with Crippen LogP contribution < -0.4 is 5.32 Å². The smallest absolute Gasteiger partial charge is 0.141 e. The van der Waals surface area contributed by atoms with Crippen LogP contribution in [0.25, 0.3) is 0 Å². The molecule has 0 amide bonds. The minimum Gasteiger partial charge on any atom is -0.303 e. The molecule has 5 heteroatoms. The van der Waals surface area contributed by atoms with Gasteiger partial charge in [-0.3, -0.25) is 4.98 Å². The Hall–Kier alpha value is -1.88. The van der Waals surface area contributed by atoms with Crippen molar-refractivity contribution in [2.75, 3.05) is 0 Å². The second kappa shape index (κ2) is 6.05. The van der Waals surface area contributed by atoms with Crippen molar-refractivity contribution in [3.05, 3.63) is 65.2 Å². The fourth-order valence-corrected chi connectivity index (χ4v) is 1.99. The van der Waals surface area contributed by atoms with Crippen LogP contribution in [0.1, 0.15) is 31.1 Å². The molecular weight excluding hydrogens is 265 g/mol. The predicted molar refractivity (Wildman–Crippen MR) is 70.7 cm³/mol. The van der Waals surface area contributed by atoms with Crippen LogP contribution in [-0.2, 0) is 0 Å². The van der Waals surface area contributed by atoms with Crippen molar-refractivity contribution in [1.29, 1.82) is 0 Å². The number of benzene rings is 1. The molecule has 0 saturated heterocycles. The molecule has 20 heavy (non-hydrogen) atoms. The van der Waals surface area contributed by atoms with Gasteiger partial charge in [-0.05, 0) is 38.1 Å². The summed E-state index contributed by atoms with van der Waals surface area (Å²) < 4.78 is 40.8. The van der Waals surface area contributed by atoms with Gasteiger partial charge in [0.1, 0.15) is 17.5 Å². The summed E-state index contributed by atoms with van der Waals surface area (Å²) in [5.74, 6) is -1.81. The van der Waals surface area contributed by atoms with Gasteiger partial charge in [-0.1, -0.05) is 6.07 Å². The quantitative estimate of drug-likeness (QED) is 0.925. The highest BCUT2D eigenvalue weighted by Gasteiger charge is 2.23. The summed E-state index contributed by atoms with van der Waals surface area (Å²) in [7, 11) is 0. The summed E-state index contributed by atoms with van der Waals surface area (Å²) in [5.41, 5.74) is 0.254. The standard InChI is InChI=1S/C15H15F3N2/c1-9(2)20-15(13-7-6-10(16)8-19-13)14-11(17)4-3-5-12(14)18/h3-9,15,20H,1-2H3. The molecule has 106 valence electrons. The predicted octanol–water partition coefficient (Wildman–Crippen LogP) is 3.59. The highest BCUT2D eigenvalue weighted by Crippen LogP contribution is 2.26. The number of nitrogens with zero attached hydrogens (tertiary/aromatic N) is 1. The Morgan fingerprint density at radius 2 is 1.65 bits per heavy atom. The Morgan fingerprint density at radius 1 is 1.00 bits per heavy atom. The largest absolute Gasteiger partial charge is 0.303 e. The van der Waals surface area contributed by atoms with Gasteiger partial charge in [0.25, 0.3) is 0 Å². The van der Waals surface area contributed by atoms with E-state index in [1.807, 2.05) is 13.8 Å². The Balaban J connectivity index is 2.50. The Kier molecular flexibility index (Phi) is 4.39. The average molecular weight is 280 g/mol. The molecule has 0 saturated carbocycles. The first-order chi connectivity index (χ1) is 9.49. The van der Waals surface area contributed by atoms with Crippen LogP contribution in [0.15, 0.2) is 36.5 Å². The zero-order valence-corrected chi connectivity index (χ0v) is 11.2. The van der Waals surface area contributed by atoms with Crippen LogP contribution in [0.5, 0.6) is 0 Å². The van der Waals surface area contributed by atoms with E-state index >= 15 is 0 Å². The highest BCUT2D eigenvalue weighted by atomic mass is 19.1. The molecule has 1 unspecified atom stereocenters. The second-order valence-electron chi connectivity index (χ2n) is 4.79. The van der Waals surface area contributed by atoms with E-state index in [9.17, 15) is 13.2 Å². The monoisotopic (exact) mass is 280 g/mol. The SMILES string of the molecule is CC(C)NC(c1ccc(F)cn1)c1c(F)cccc1F. The zero-order valence-electron chi connectivity index (χ0n) is 11.2. The van der Waals surface area contributed by atoms with Crippen molar-refractivity contribution in [1.82, 2.24) is 10.3 Å². The Bertz CT molecular complexity index is 562. The molecule has 1 aromatic carbocycles. The highest BCUT2D eigenvalue weighted by molar-refractivity contribution is 5.30. The van der Waals surface area contributed by atoms with Gasteiger partial charge < -0.3 is 5.32 Å². The van der Waals surface area contributed by atoms with Gasteiger partial charge in [0, 0.05) is 11.6 Å². The number of hydrogen-bond acceptors (Lipinski definition) is 2. The van der Waals surface area contributed by atoms with E-state index in [2.05, 4.69) is 10.3 Å². The summed E-state index contributed by atoms with van der Waals surface area (Å²) in [4.78, 5) is 3.92. The van der Waals surface area contributed by atoms with Crippen molar-refractivity contribution in [3.8, 4) is 0 Å². The summed E-state index contributed by atoms with van der Waals surface area (Å²) in [5, 5.41) is 3.05. The van der Waals surface area contributed by atoms with E-state index in [0.717, 1.165) is 6.20 Å². The molecular formula is C15H15F3N2. The summed E-state index contributed by atoms with van der Waals surface area (Å²) in [6, 6.07) is 5.53. The van der Waals surface area contributed by atoms with Gasteiger partial charge in [0.2, 0.25) is 0 Å². The van der Waals surface area contributed by atoms with Crippen molar-refractivity contribution in [2.45, 2.75) is 25.9 Å². The normalized spacial score (nSPS) is 12.7. The first-order valence-electron chi connectivity index (χ1n) is 6.30. The molecule has 2 rings (SSSR count). The molecule has 1 aromatic heterocycles. The molecule has 0 aliphatic carbocycles. The van der Waals surface area contributed by atoms with E-state index in [-0.39, 0.29) is 11.6 Å². The third-order valence-electron chi connectivity index (χ3n) is 2.83.